The number of likely N-dealkylation sites (tertiary alicyclic amines) is 1. The summed E-state index contributed by atoms with van der Waals surface area (Å²) in [7, 11) is 1.57. The smallest absolute Gasteiger partial charge is 0.247 e. The van der Waals surface area contributed by atoms with Gasteiger partial charge in [0.15, 0.2) is 0 Å². The Labute approximate surface area is 216 Å². The van der Waals surface area contributed by atoms with E-state index in [2.05, 4.69) is 10.6 Å². The maximum Gasteiger partial charge on any atom is 0.247 e. The molecule has 2 aromatic rings. The molecule has 1 aliphatic carbocycles. The van der Waals surface area contributed by atoms with Crippen LogP contribution >= 0.6 is 11.6 Å². The van der Waals surface area contributed by atoms with Gasteiger partial charge in [0.2, 0.25) is 17.7 Å². The molecule has 0 bridgehead atoms. The lowest BCUT2D eigenvalue weighted by Gasteiger charge is -2.34. The molecule has 0 saturated carbocycles. The Hall–Kier alpha value is -3.16. The summed E-state index contributed by atoms with van der Waals surface area (Å²) in [5, 5.41) is 16.6. The second-order valence-corrected chi connectivity index (χ2v) is 9.85. The van der Waals surface area contributed by atoms with E-state index in [4.69, 9.17) is 11.6 Å². The van der Waals surface area contributed by atoms with E-state index < -0.39 is 29.8 Å². The highest BCUT2D eigenvalue weighted by atomic mass is 35.5. The lowest BCUT2D eigenvalue weighted by molar-refractivity contribution is -0.142. The van der Waals surface area contributed by atoms with E-state index in [1.807, 2.05) is 49.4 Å². The lowest BCUT2D eigenvalue weighted by atomic mass is 9.69. The fourth-order valence-corrected chi connectivity index (χ4v) is 5.77. The zero-order valence-corrected chi connectivity index (χ0v) is 21.2. The van der Waals surface area contributed by atoms with Gasteiger partial charge in [-0.1, -0.05) is 61.0 Å². The number of nitrogens with zero attached hydrogens (tertiary/aromatic N) is 1. The third-order valence-electron chi connectivity index (χ3n) is 7.37. The van der Waals surface area contributed by atoms with E-state index in [9.17, 15) is 19.5 Å². The Balaban J connectivity index is 1.74. The van der Waals surface area contributed by atoms with Crippen molar-refractivity contribution in [2.45, 2.75) is 31.8 Å². The van der Waals surface area contributed by atoms with Crippen molar-refractivity contribution < 1.29 is 19.5 Å². The van der Waals surface area contributed by atoms with E-state index in [1.165, 1.54) is 4.90 Å². The maximum atomic E-state index is 14.0. The monoisotopic (exact) mass is 509 g/mol. The highest BCUT2D eigenvalue weighted by Crippen LogP contribution is 2.46. The van der Waals surface area contributed by atoms with Gasteiger partial charge in [0.25, 0.3) is 0 Å². The number of nitrogens with one attached hydrogen (secondary N) is 2. The number of aliphatic hydroxyl groups is 1. The molecule has 190 valence electrons. The minimum Gasteiger partial charge on any atom is -0.394 e. The van der Waals surface area contributed by atoms with Crippen molar-refractivity contribution in [2.75, 3.05) is 19.0 Å². The number of hydrogen-bond acceptors (Lipinski definition) is 4. The molecule has 0 radical (unpaired) electrons. The zero-order chi connectivity index (χ0) is 25.8. The summed E-state index contributed by atoms with van der Waals surface area (Å²) in [4.78, 5) is 42.3. The van der Waals surface area contributed by atoms with Crippen LogP contribution in [0.25, 0.3) is 0 Å². The first-order valence-electron chi connectivity index (χ1n) is 12.3. The molecule has 1 aliphatic heterocycles. The lowest BCUT2D eigenvalue weighted by Crippen LogP contribution is -2.51. The van der Waals surface area contributed by atoms with Gasteiger partial charge < -0.3 is 20.6 Å². The number of allylic oxidation sites excluding steroid dienone is 1. The summed E-state index contributed by atoms with van der Waals surface area (Å²) < 4.78 is 0. The van der Waals surface area contributed by atoms with Gasteiger partial charge in [-0.25, -0.2) is 0 Å². The van der Waals surface area contributed by atoms with Crippen LogP contribution < -0.4 is 10.6 Å². The molecule has 1 fully saturated rings. The molecule has 7 nitrogen and oxygen atoms in total. The predicted octanol–water partition coefficient (Wildman–Crippen LogP) is 3.28. The molecule has 0 unspecified atom stereocenters. The van der Waals surface area contributed by atoms with Gasteiger partial charge in [-0.15, -0.1) is 0 Å². The number of fused-ring (bicyclic) bond motifs is 1. The second-order valence-electron chi connectivity index (χ2n) is 9.41. The molecule has 0 spiro atoms. The molecule has 1 saturated heterocycles. The topological polar surface area (TPSA) is 98.7 Å². The number of rotatable bonds is 8. The van der Waals surface area contributed by atoms with E-state index in [-0.39, 0.29) is 30.2 Å². The molecule has 0 aromatic heterocycles. The van der Waals surface area contributed by atoms with E-state index in [0.717, 1.165) is 5.56 Å². The summed E-state index contributed by atoms with van der Waals surface area (Å²) in [6, 6.07) is 14.8. The van der Waals surface area contributed by atoms with Gasteiger partial charge in [-0.05, 0) is 48.6 Å². The Kier molecular flexibility index (Phi) is 8.11. The van der Waals surface area contributed by atoms with Gasteiger partial charge >= 0.3 is 0 Å². The summed E-state index contributed by atoms with van der Waals surface area (Å²) in [5.41, 5.74) is 1.50. The van der Waals surface area contributed by atoms with Crippen molar-refractivity contribution in [3.05, 3.63) is 77.3 Å². The quantitative estimate of drug-likeness (QED) is 0.475. The molecule has 3 N–H and O–H groups in total. The highest BCUT2D eigenvalue weighted by molar-refractivity contribution is 6.30. The van der Waals surface area contributed by atoms with Gasteiger partial charge in [0.1, 0.15) is 6.04 Å². The van der Waals surface area contributed by atoms with Crippen LogP contribution in [0, 0.1) is 23.7 Å². The van der Waals surface area contributed by atoms with Crippen molar-refractivity contribution in [2.24, 2.45) is 23.7 Å². The fraction of sp³-hybridized carbons (Fsp3) is 0.393. The van der Waals surface area contributed by atoms with Gasteiger partial charge in [0.05, 0.1) is 24.5 Å². The van der Waals surface area contributed by atoms with Crippen LogP contribution in [-0.2, 0) is 20.8 Å². The third-order valence-corrected chi connectivity index (χ3v) is 7.62. The van der Waals surface area contributed by atoms with E-state index in [1.54, 1.807) is 31.3 Å². The highest BCUT2D eigenvalue weighted by Gasteiger charge is 2.58. The molecular weight excluding hydrogens is 478 g/mol. The van der Waals surface area contributed by atoms with Crippen LogP contribution in [0.5, 0.6) is 0 Å². The minimum atomic E-state index is -0.875. The average molecular weight is 510 g/mol. The average Bonchev–Trinajstić information content (AvgIpc) is 3.20. The molecule has 8 heteroatoms. The van der Waals surface area contributed by atoms with Crippen molar-refractivity contribution in [3.63, 3.8) is 0 Å². The maximum absolute atomic E-state index is 14.0. The predicted molar refractivity (Wildman–Crippen MR) is 139 cm³/mol. The summed E-state index contributed by atoms with van der Waals surface area (Å²) in [6.45, 7) is 1.68. The van der Waals surface area contributed by atoms with Crippen molar-refractivity contribution in [3.8, 4) is 0 Å². The molecule has 3 amide bonds. The van der Waals surface area contributed by atoms with Crippen LogP contribution in [0.1, 0.15) is 18.9 Å². The SMILES string of the molecule is CC[C@@H]1C=C[C@H]2[C@@H](C(=O)N([C@@H](CO)Cc3ccccc3)[C@@H]2C(=O)Nc2ccc(Cl)cc2)[C@@H]1C(=O)NC. The molecular formula is C28H32ClN3O4. The normalized spacial score (nSPS) is 25.8. The van der Waals surface area contributed by atoms with Gasteiger partial charge in [0, 0.05) is 23.7 Å². The second kappa shape index (κ2) is 11.3. The Morgan fingerprint density at radius 3 is 2.36 bits per heavy atom. The third kappa shape index (κ3) is 5.04. The number of halogens is 1. The minimum absolute atomic E-state index is 0.114. The molecule has 4 rings (SSSR count). The summed E-state index contributed by atoms with van der Waals surface area (Å²) in [6.07, 6.45) is 4.96. The van der Waals surface area contributed by atoms with Crippen LogP contribution in [0.2, 0.25) is 5.02 Å². The first kappa shape index (κ1) is 25.9. The number of benzene rings is 2. The number of amides is 3. The molecule has 1 heterocycles. The number of aliphatic hydroxyl groups excluding tert-OH is 1. The number of carbonyl (C=O) groups is 3. The first-order chi connectivity index (χ1) is 17.4. The molecule has 2 aromatic carbocycles. The van der Waals surface area contributed by atoms with E-state index >= 15 is 0 Å². The van der Waals surface area contributed by atoms with Crippen LogP contribution in [0.3, 0.4) is 0 Å². The van der Waals surface area contributed by atoms with Crippen LogP contribution in [0.15, 0.2) is 66.7 Å². The Morgan fingerprint density at radius 2 is 1.75 bits per heavy atom. The Bertz CT molecular complexity index is 1120. The largest absolute Gasteiger partial charge is 0.394 e. The van der Waals surface area contributed by atoms with Crippen LogP contribution in [0.4, 0.5) is 5.69 Å². The van der Waals surface area contributed by atoms with Crippen LogP contribution in [-0.4, -0.2) is 53.5 Å². The van der Waals surface area contributed by atoms with E-state index in [0.29, 0.717) is 23.6 Å². The first-order valence-corrected chi connectivity index (χ1v) is 12.7. The number of carbonyl (C=O) groups excluding carboxylic acids is 3. The summed E-state index contributed by atoms with van der Waals surface area (Å²) in [5.74, 6) is -2.74. The Morgan fingerprint density at radius 1 is 1.06 bits per heavy atom. The summed E-state index contributed by atoms with van der Waals surface area (Å²) >= 11 is 5.99. The van der Waals surface area contributed by atoms with Gasteiger partial charge in [-0.2, -0.15) is 0 Å². The molecule has 36 heavy (non-hydrogen) atoms. The molecule has 6 atom stereocenters. The fourth-order valence-electron chi connectivity index (χ4n) is 5.64. The van der Waals surface area contributed by atoms with Gasteiger partial charge in [-0.3, -0.25) is 14.4 Å². The number of hydrogen-bond donors (Lipinski definition) is 3. The van der Waals surface area contributed by atoms with Crippen molar-refractivity contribution in [1.29, 1.82) is 0 Å². The zero-order valence-electron chi connectivity index (χ0n) is 20.4. The standard InChI is InChI=1S/C28H32ClN3O4/c1-3-18-9-14-22-24(23(18)26(34)30-2)28(36)32(21(16-33)15-17-7-5-4-6-8-17)25(22)27(35)31-20-12-10-19(29)11-13-20/h4-14,18,21-25,33H,3,15-16H2,1-2H3,(H,30,34)(H,31,35)/t18-,21-,22+,23-,24-,25+/m1/s1. The number of anilines is 1. The molecule has 2 aliphatic rings. The van der Waals surface area contributed by atoms with Crippen molar-refractivity contribution >= 4 is 35.0 Å². The van der Waals surface area contributed by atoms with Crippen molar-refractivity contribution in [1.82, 2.24) is 10.2 Å².